The number of oxazole rings is 1. The first-order chi connectivity index (χ1) is 7.74. The lowest BCUT2D eigenvalue weighted by atomic mass is 10.3. The van der Waals surface area contributed by atoms with Gasteiger partial charge in [-0.3, -0.25) is 0 Å². The molecule has 4 nitrogen and oxygen atoms in total. The summed E-state index contributed by atoms with van der Waals surface area (Å²) in [4.78, 5) is 11.0. The van der Waals surface area contributed by atoms with Gasteiger partial charge in [-0.05, 0) is 6.07 Å². The molecule has 0 amide bonds. The molecular formula is C12H14NO3+. The van der Waals surface area contributed by atoms with Crippen LogP contribution >= 0.6 is 0 Å². The van der Waals surface area contributed by atoms with Gasteiger partial charge in [0.05, 0.1) is 0 Å². The van der Waals surface area contributed by atoms with E-state index in [0.29, 0.717) is 12.1 Å². The molecule has 2 aromatic rings. The van der Waals surface area contributed by atoms with Crippen LogP contribution in [-0.2, 0) is 6.54 Å². The summed E-state index contributed by atoms with van der Waals surface area (Å²) in [6.45, 7) is 2.75. The highest BCUT2D eigenvalue weighted by molar-refractivity contribution is 5.83. The van der Waals surface area contributed by atoms with Gasteiger partial charge in [0, 0.05) is 12.5 Å². The van der Waals surface area contributed by atoms with Crippen LogP contribution in [0.4, 0.5) is 0 Å². The van der Waals surface area contributed by atoms with E-state index in [1.165, 1.54) is 0 Å². The van der Waals surface area contributed by atoms with Gasteiger partial charge in [0.15, 0.2) is 6.54 Å². The summed E-state index contributed by atoms with van der Waals surface area (Å²) in [6, 6.07) is 7.37. The number of benzene rings is 1. The molecule has 1 heterocycles. The number of fused-ring (bicyclic) bond motifs is 1. The smallest absolute Gasteiger partial charge is 0.462 e. The highest BCUT2D eigenvalue weighted by atomic mass is 16.4. The molecule has 0 fully saturated rings. The molecule has 0 bridgehead atoms. The van der Waals surface area contributed by atoms with E-state index in [2.05, 4.69) is 6.92 Å². The summed E-state index contributed by atoms with van der Waals surface area (Å²) in [5.74, 6) is -1.01. The molecule has 84 valence electrons. The van der Waals surface area contributed by atoms with Crippen LogP contribution < -0.4 is 4.57 Å². The zero-order chi connectivity index (χ0) is 11.5. The Morgan fingerprint density at radius 2 is 2.19 bits per heavy atom. The fourth-order valence-corrected chi connectivity index (χ4v) is 1.73. The van der Waals surface area contributed by atoms with Crippen molar-refractivity contribution in [2.45, 2.75) is 26.3 Å². The fraction of sp³-hybridized carbons (Fsp3) is 0.333. The second-order valence-corrected chi connectivity index (χ2v) is 3.69. The first-order valence-corrected chi connectivity index (χ1v) is 5.38. The molecule has 0 aliphatic carbocycles. The Labute approximate surface area is 93.1 Å². The molecule has 0 radical (unpaired) electrons. The minimum Gasteiger partial charge on any atom is -0.471 e. The van der Waals surface area contributed by atoms with Gasteiger partial charge in [-0.1, -0.05) is 25.5 Å². The number of rotatable bonds is 4. The molecule has 0 aliphatic heterocycles. The van der Waals surface area contributed by atoms with Gasteiger partial charge >= 0.3 is 11.9 Å². The molecule has 0 aliphatic rings. The number of aryl methyl sites for hydroxylation is 1. The van der Waals surface area contributed by atoms with Crippen LogP contribution in [0.25, 0.3) is 11.1 Å². The molecule has 16 heavy (non-hydrogen) atoms. The van der Waals surface area contributed by atoms with Gasteiger partial charge in [-0.15, -0.1) is 0 Å². The van der Waals surface area contributed by atoms with Crippen LogP contribution in [-0.4, -0.2) is 11.1 Å². The van der Waals surface area contributed by atoms with Gasteiger partial charge in [-0.2, -0.15) is 4.57 Å². The Morgan fingerprint density at radius 3 is 2.88 bits per heavy atom. The maximum Gasteiger partial charge on any atom is 0.462 e. The van der Waals surface area contributed by atoms with Crippen molar-refractivity contribution in [3.8, 4) is 0 Å². The Kier molecular flexibility index (Phi) is 2.90. The minimum atomic E-state index is -1.02. The second-order valence-electron chi connectivity index (χ2n) is 3.69. The summed E-state index contributed by atoms with van der Waals surface area (Å²) < 4.78 is 7.04. The summed E-state index contributed by atoms with van der Waals surface area (Å²) >= 11 is 0. The number of unbranched alkanes of at least 4 members (excludes halogenated alkanes) is 1. The van der Waals surface area contributed by atoms with E-state index < -0.39 is 5.97 Å². The average molecular weight is 220 g/mol. The normalized spacial score (nSPS) is 10.8. The monoisotopic (exact) mass is 220 g/mol. The second kappa shape index (κ2) is 4.35. The number of para-hydroxylation sites is 2. The maximum absolute atomic E-state index is 11.0. The molecule has 0 unspecified atom stereocenters. The molecule has 2 rings (SSSR count). The van der Waals surface area contributed by atoms with E-state index in [9.17, 15) is 4.79 Å². The van der Waals surface area contributed by atoms with Gasteiger partial charge in [0.2, 0.25) is 5.58 Å². The molecule has 1 N–H and O–H groups in total. The van der Waals surface area contributed by atoms with Crippen LogP contribution in [0.2, 0.25) is 0 Å². The van der Waals surface area contributed by atoms with E-state index in [-0.39, 0.29) is 5.89 Å². The summed E-state index contributed by atoms with van der Waals surface area (Å²) in [6.07, 6.45) is 1.96. The number of carbonyl (C=O) groups is 1. The molecule has 4 heteroatoms. The lowest BCUT2D eigenvalue weighted by Crippen LogP contribution is -2.38. The molecule has 0 saturated heterocycles. The Hall–Kier alpha value is -1.84. The van der Waals surface area contributed by atoms with Crippen LogP contribution in [0.3, 0.4) is 0 Å². The van der Waals surface area contributed by atoms with Gasteiger partial charge < -0.3 is 9.52 Å². The molecule has 1 aromatic heterocycles. The van der Waals surface area contributed by atoms with Crippen LogP contribution in [0.5, 0.6) is 0 Å². The summed E-state index contributed by atoms with van der Waals surface area (Å²) in [5.41, 5.74) is 1.46. The van der Waals surface area contributed by atoms with Gasteiger partial charge in [0.1, 0.15) is 0 Å². The average Bonchev–Trinajstić information content (AvgIpc) is 2.65. The van der Waals surface area contributed by atoms with Crippen LogP contribution in [0.1, 0.15) is 30.5 Å². The van der Waals surface area contributed by atoms with Crippen molar-refractivity contribution in [3.63, 3.8) is 0 Å². The number of aromatic carboxylic acids is 1. The van der Waals surface area contributed by atoms with Crippen molar-refractivity contribution in [2.75, 3.05) is 0 Å². The summed E-state index contributed by atoms with van der Waals surface area (Å²) in [5, 5.41) is 9.05. The lowest BCUT2D eigenvalue weighted by Gasteiger charge is -1.92. The predicted octanol–water partition coefficient (Wildman–Crippen LogP) is 2.22. The third-order valence-corrected chi connectivity index (χ3v) is 2.53. The predicted molar refractivity (Wildman–Crippen MR) is 58.3 cm³/mol. The number of hydrogen-bond donors (Lipinski definition) is 1. The van der Waals surface area contributed by atoms with Gasteiger partial charge in [-0.25, -0.2) is 4.79 Å². The third kappa shape index (κ3) is 1.78. The van der Waals surface area contributed by atoms with Gasteiger partial charge in [0.25, 0.3) is 5.52 Å². The van der Waals surface area contributed by atoms with Crippen LogP contribution in [0.15, 0.2) is 28.7 Å². The highest BCUT2D eigenvalue weighted by Crippen LogP contribution is 2.13. The number of carboxylic acid groups (broad SMARTS) is 1. The Balaban J connectivity index is 2.55. The molecule has 0 atom stereocenters. The van der Waals surface area contributed by atoms with Crippen molar-refractivity contribution in [1.82, 2.24) is 0 Å². The maximum atomic E-state index is 11.0. The van der Waals surface area contributed by atoms with Crippen LogP contribution in [0, 0.1) is 0 Å². The number of hydrogen-bond acceptors (Lipinski definition) is 2. The SMILES string of the molecule is CCCC[n+]1c(C(=O)O)oc2ccccc21. The summed E-state index contributed by atoms with van der Waals surface area (Å²) in [7, 11) is 0. The van der Waals surface area contributed by atoms with E-state index in [1.54, 1.807) is 10.6 Å². The van der Waals surface area contributed by atoms with Crippen molar-refractivity contribution in [2.24, 2.45) is 0 Å². The third-order valence-electron chi connectivity index (χ3n) is 2.53. The number of nitrogens with zero attached hydrogens (tertiary/aromatic N) is 1. The fourth-order valence-electron chi connectivity index (χ4n) is 1.73. The quantitative estimate of drug-likeness (QED) is 0.804. The first-order valence-electron chi connectivity index (χ1n) is 5.38. The highest BCUT2D eigenvalue weighted by Gasteiger charge is 2.27. The first kappa shape index (κ1) is 10.7. The van der Waals surface area contributed by atoms with Crippen molar-refractivity contribution in [1.29, 1.82) is 0 Å². The largest absolute Gasteiger partial charge is 0.471 e. The standard InChI is InChI=1S/C12H13NO3/c1-2-3-8-13-9-6-4-5-7-10(9)16-11(13)12(14)15/h4-7H,2-3,8H2,1H3/p+1. The number of carboxylic acids is 1. The number of aromatic nitrogens is 1. The Morgan fingerprint density at radius 1 is 1.44 bits per heavy atom. The van der Waals surface area contributed by atoms with E-state index >= 15 is 0 Å². The molecule has 0 spiro atoms. The van der Waals surface area contributed by atoms with Crippen molar-refractivity contribution >= 4 is 17.1 Å². The van der Waals surface area contributed by atoms with E-state index in [1.807, 2.05) is 18.2 Å². The van der Waals surface area contributed by atoms with Crippen molar-refractivity contribution < 1.29 is 18.9 Å². The Bertz CT molecular complexity index is 516. The lowest BCUT2D eigenvalue weighted by molar-refractivity contribution is -0.679. The zero-order valence-electron chi connectivity index (χ0n) is 9.14. The molecule has 0 saturated carbocycles. The molecular weight excluding hydrogens is 206 g/mol. The van der Waals surface area contributed by atoms with E-state index in [0.717, 1.165) is 18.4 Å². The van der Waals surface area contributed by atoms with Crippen molar-refractivity contribution in [3.05, 3.63) is 30.2 Å². The van der Waals surface area contributed by atoms with E-state index in [4.69, 9.17) is 9.52 Å². The molecule has 1 aromatic carbocycles. The minimum absolute atomic E-state index is 0.00894. The zero-order valence-corrected chi connectivity index (χ0v) is 9.14. The topological polar surface area (TPSA) is 54.3 Å².